The summed E-state index contributed by atoms with van der Waals surface area (Å²) < 4.78 is 4.90. The van der Waals surface area contributed by atoms with Gasteiger partial charge < -0.3 is 9.13 Å². The SMILES string of the molecule is c1ccc(-c2cccc(-n3c4ccccc4c4c5c6ccccc6n(-c6cccc(-c7ccc8c9ccccc9c9ccccc9c8c7)c6)c5ccc43)c2)cc1. The van der Waals surface area contributed by atoms with Crippen LogP contribution in [0.25, 0.3) is 110 Å². The molecule has 0 amide bonds. The van der Waals surface area contributed by atoms with E-state index in [1.54, 1.807) is 0 Å². The van der Waals surface area contributed by atoms with Crippen LogP contribution >= 0.6 is 0 Å². The average molecular weight is 711 g/mol. The van der Waals surface area contributed by atoms with Gasteiger partial charge in [-0.1, -0.05) is 152 Å². The molecule has 0 bridgehead atoms. The minimum Gasteiger partial charge on any atom is -0.309 e. The maximum absolute atomic E-state index is 2.46. The lowest BCUT2D eigenvalue weighted by atomic mass is 9.92. The molecule has 0 atom stereocenters. The molecule has 0 aliphatic carbocycles. The molecule has 0 N–H and O–H groups in total. The van der Waals surface area contributed by atoms with Crippen molar-refractivity contribution in [3.63, 3.8) is 0 Å². The van der Waals surface area contributed by atoms with Crippen LogP contribution in [0.5, 0.6) is 0 Å². The molecule has 0 fully saturated rings. The zero-order valence-corrected chi connectivity index (χ0v) is 30.5. The summed E-state index contributed by atoms with van der Waals surface area (Å²) in [5, 5.41) is 12.8. The maximum Gasteiger partial charge on any atom is 0.0548 e. The van der Waals surface area contributed by atoms with Crippen LogP contribution < -0.4 is 0 Å². The lowest BCUT2D eigenvalue weighted by molar-refractivity contribution is 1.17. The summed E-state index contributed by atoms with van der Waals surface area (Å²) in [7, 11) is 0. The quantitative estimate of drug-likeness (QED) is 0.161. The molecule has 2 nitrogen and oxygen atoms in total. The Kier molecular flexibility index (Phi) is 6.66. The van der Waals surface area contributed by atoms with Gasteiger partial charge in [0.1, 0.15) is 0 Å². The topological polar surface area (TPSA) is 9.86 Å². The Morgan fingerprint density at radius 2 is 0.607 bits per heavy atom. The number of hydrogen-bond donors (Lipinski definition) is 0. The number of hydrogen-bond acceptors (Lipinski definition) is 0. The van der Waals surface area contributed by atoms with Crippen LogP contribution in [0.1, 0.15) is 0 Å². The van der Waals surface area contributed by atoms with Crippen molar-refractivity contribution in [1.29, 1.82) is 0 Å². The standard InChI is InChI=1S/C54H34N2/c1-2-14-35(15-3-1)36-16-12-18-39(32-36)55-49-26-10-8-24-46(49)53-51(55)30-31-52-54(53)47-25-9-11-27-50(47)56(52)40-19-13-17-37(33-40)38-28-29-45-43-22-5-4-20-41(43)42-21-6-7-23-44(42)48(45)34-38/h1-34H. The summed E-state index contributed by atoms with van der Waals surface area (Å²) in [4.78, 5) is 0. The Bertz CT molecular complexity index is 3490. The second-order valence-electron chi connectivity index (χ2n) is 14.9. The van der Waals surface area contributed by atoms with Crippen molar-refractivity contribution in [2.24, 2.45) is 0 Å². The third-order valence-electron chi connectivity index (χ3n) is 11.9. The van der Waals surface area contributed by atoms with Crippen LogP contribution in [-0.4, -0.2) is 9.13 Å². The fourth-order valence-electron chi connectivity index (χ4n) is 9.44. The third-order valence-corrected chi connectivity index (χ3v) is 11.9. The van der Waals surface area contributed by atoms with Crippen molar-refractivity contribution < 1.29 is 0 Å². The highest BCUT2D eigenvalue weighted by Crippen LogP contribution is 2.43. The molecular formula is C54H34N2. The van der Waals surface area contributed by atoms with Gasteiger partial charge in [-0.05, 0) is 109 Å². The fourth-order valence-corrected chi connectivity index (χ4v) is 9.44. The Labute approximate surface area is 323 Å². The molecule has 0 unspecified atom stereocenters. The minimum absolute atomic E-state index is 1.15. The lowest BCUT2D eigenvalue weighted by Crippen LogP contribution is -1.95. The van der Waals surface area contributed by atoms with Gasteiger partial charge in [-0.3, -0.25) is 0 Å². The predicted molar refractivity (Wildman–Crippen MR) is 239 cm³/mol. The van der Waals surface area contributed by atoms with Gasteiger partial charge in [0.15, 0.2) is 0 Å². The van der Waals surface area contributed by atoms with Gasteiger partial charge >= 0.3 is 0 Å². The number of benzene rings is 10. The zero-order valence-electron chi connectivity index (χ0n) is 30.5. The van der Waals surface area contributed by atoms with Crippen LogP contribution in [0, 0.1) is 0 Å². The Morgan fingerprint density at radius 1 is 0.214 bits per heavy atom. The first kappa shape index (κ1) is 31.0. The lowest BCUT2D eigenvalue weighted by Gasteiger charge is -2.13. The summed E-state index contributed by atoms with van der Waals surface area (Å²) >= 11 is 0. The highest BCUT2D eigenvalue weighted by Gasteiger charge is 2.21. The minimum atomic E-state index is 1.15. The maximum atomic E-state index is 2.46. The van der Waals surface area contributed by atoms with E-state index in [1.807, 2.05) is 0 Å². The van der Waals surface area contributed by atoms with Crippen molar-refractivity contribution in [2.75, 3.05) is 0 Å². The Balaban J connectivity index is 1.08. The summed E-state index contributed by atoms with van der Waals surface area (Å²) in [6.07, 6.45) is 0. The molecule has 0 aliphatic heterocycles. The van der Waals surface area contributed by atoms with Gasteiger partial charge in [0.2, 0.25) is 0 Å². The van der Waals surface area contributed by atoms with E-state index in [2.05, 4.69) is 215 Å². The molecule has 2 heteroatoms. The molecule has 0 saturated heterocycles. The highest BCUT2D eigenvalue weighted by molar-refractivity contribution is 6.29. The van der Waals surface area contributed by atoms with Gasteiger partial charge in [-0.2, -0.15) is 0 Å². The van der Waals surface area contributed by atoms with Gasteiger partial charge in [-0.15, -0.1) is 0 Å². The second kappa shape index (κ2) is 12.0. The molecule has 56 heavy (non-hydrogen) atoms. The average Bonchev–Trinajstić information content (AvgIpc) is 3.80. The number of para-hydroxylation sites is 2. The van der Waals surface area contributed by atoms with Crippen molar-refractivity contribution >= 4 is 75.9 Å². The second-order valence-corrected chi connectivity index (χ2v) is 14.9. The highest BCUT2D eigenvalue weighted by atomic mass is 15.0. The van der Waals surface area contributed by atoms with E-state index in [-0.39, 0.29) is 0 Å². The van der Waals surface area contributed by atoms with Gasteiger partial charge in [0, 0.05) is 32.9 Å². The molecule has 12 aromatic rings. The molecule has 0 radical (unpaired) electrons. The fraction of sp³-hybridized carbons (Fsp3) is 0. The monoisotopic (exact) mass is 710 g/mol. The molecule has 12 rings (SSSR count). The van der Waals surface area contributed by atoms with E-state index in [4.69, 9.17) is 0 Å². The van der Waals surface area contributed by atoms with Gasteiger partial charge in [0.25, 0.3) is 0 Å². The van der Waals surface area contributed by atoms with Crippen molar-refractivity contribution in [3.05, 3.63) is 206 Å². The van der Waals surface area contributed by atoms with Crippen molar-refractivity contribution in [3.8, 4) is 33.6 Å². The smallest absolute Gasteiger partial charge is 0.0548 e. The van der Waals surface area contributed by atoms with E-state index < -0.39 is 0 Å². The van der Waals surface area contributed by atoms with E-state index in [9.17, 15) is 0 Å². The van der Waals surface area contributed by atoms with E-state index in [1.165, 1.54) is 98.2 Å². The Hall–Kier alpha value is -7.42. The van der Waals surface area contributed by atoms with Gasteiger partial charge in [0.05, 0.1) is 22.1 Å². The number of nitrogens with zero attached hydrogens (tertiary/aromatic N) is 2. The first-order valence-corrected chi connectivity index (χ1v) is 19.4. The largest absolute Gasteiger partial charge is 0.309 e. The van der Waals surface area contributed by atoms with Crippen molar-refractivity contribution in [1.82, 2.24) is 9.13 Å². The predicted octanol–water partition coefficient (Wildman–Crippen LogP) is 14.7. The zero-order chi connectivity index (χ0) is 36.7. The van der Waals surface area contributed by atoms with E-state index in [0.29, 0.717) is 0 Å². The van der Waals surface area contributed by atoms with E-state index >= 15 is 0 Å². The Morgan fingerprint density at radius 3 is 1.14 bits per heavy atom. The molecule has 0 spiro atoms. The third kappa shape index (κ3) is 4.50. The summed E-state index contributed by atoms with van der Waals surface area (Å²) in [6, 6.07) is 75.7. The molecule has 2 aromatic heterocycles. The van der Waals surface area contributed by atoms with Crippen LogP contribution in [0.3, 0.4) is 0 Å². The summed E-state index contributed by atoms with van der Waals surface area (Å²) in [6.45, 7) is 0. The van der Waals surface area contributed by atoms with Crippen LogP contribution in [0.2, 0.25) is 0 Å². The summed E-state index contributed by atoms with van der Waals surface area (Å²) in [5.74, 6) is 0. The van der Waals surface area contributed by atoms with Crippen molar-refractivity contribution in [2.45, 2.75) is 0 Å². The summed E-state index contributed by atoms with van der Waals surface area (Å²) in [5.41, 5.74) is 12.0. The van der Waals surface area contributed by atoms with Crippen LogP contribution in [0.4, 0.5) is 0 Å². The molecule has 10 aromatic carbocycles. The number of fused-ring (bicyclic) bond motifs is 13. The molecule has 0 aliphatic rings. The van der Waals surface area contributed by atoms with Crippen LogP contribution in [-0.2, 0) is 0 Å². The normalized spacial score (nSPS) is 11.9. The van der Waals surface area contributed by atoms with Crippen LogP contribution in [0.15, 0.2) is 206 Å². The molecule has 2 heterocycles. The van der Waals surface area contributed by atoms with Gasteiger partial charge in [-0.25, -0.2) is 0 Å². The molecule has 0 saturated carbocycles. The first-order chi connectivity index (χ1) is 27.8. The molecular weight excluding hydrogens is 677 g/mol. The number of rotatable bonds is 4. The first-order valence-electron chi connectivity index (χ1n) is 19.4. The van der Waals surface area contributed by atoms with E-state index in [0.717, 1.165) is 11.4 Å². The number of aromatic nitrogens is 2. The molecule has 260 valence electrons.